The van der Waals surface area contributed by atoms with Crippen LogP contribution < -0.4 is 5.32 Å². The normalized spacial score (nSPS) is 15.8. The number of nitrogens with one attached hydrogen (secondary N) is 1. The molecule has 0 saturated carbocycles. The molecule has 31 heavy (non-hydrogen) atoms. The highest BCUT2D eigenvalue weighted by Crippen LogP contribution is 2.28. The summed E-state index contributed by atoms with van der Waals surface area (Å²) in [6.45, 7) is 1.39. The number of carbonyl (C=O) groups is 1. The molecule has 162 valence electrons. The minimum absolute atomic E-state index is 0.156. The van der Waals surface area contributed by atoms with E-state index in [1.807, 2.05) is 23.6 Å². The zero-order valence-electron chi connectivity index (χ0n) is 16.7. The first-order chi connectivity index (χ1) is 14.9. The maximum Gasteiger partial charge on any atom is 0.253 e. The molecule has 9 heteroatoms. The van der Waals surface area contributed by atoms with Crippen molar-refractivity contribution < 1.29 is 9.18 Å². The van der Waals surface area contributed by atoms with Crippen LogP contribution in [0, 0.1) is 0 Å². The topological polar surface area (TPSA) is 58.1 Å². The molecular weight excluding hydrogens is 458 g/mol. The fourth-order valence-corrected chi connectivity index (χ4v) is 4.47. The number of rotatable bonds is 6. The smallest absolute Gasteiger partial charge is 0.253 e. The van der Waals surface area contributed by atoms with Gasteiger partial charge in [-0.25, -0.2) is 14.4 Å². The maximum atomic E-state index is 15.3. The third kappa shape index (κ3) is 5.41. The molecule has 0 atom stereocenters. The molecule has 0 spiro atoms. The van der Waals surface area contributed by atoms with E-state index in [4.69, 9.17) is 23.2 Å². The molecule has 0 unspecified atom stereocenters. The standard InChI is InChI=1S/C22H21Cl2FN4OS/c23-17-5-4-15(12-18(17)24)21(30)29-9-6-22(25,7-10-29)14-26-13-16-2-1-3-19(28-16)20-27-8-11-31-20/h1-5,8,11-12,26H,6-7,9-10,13-14H2. The highest BCUT2D eigenvalue weighted by molar-refractivity contribution is 7.13. The van der Waals surface area contributed by atoms with E-state index in [0.717, 1.165) is 16.4 Å². The number of amides is 1. The number of pyridine rings is 1. The first kappa shape index (κ1) is 22.1. The van der Waals surface area contributed by atoms with Gasteiger partial charge >= 0.3 is 0 Å². The number of piperidine rings is 1. The summed E-state index contributed by atoms with van der Waals surface area (Å²) < 4.78 is 15.3. The van der Waals surface area contributed by atoms with Crippen LogP contribution in [0.25, 0.3) is 10.7 Å². The van der Waals surface area contributed by atoms with Crippen molar-refractivity contribution >= 4 is 40.4 Å². The van der Waals surface area contributed by atoms with Crippen molar-refractivity contribution in [3.05, 3.63) is 69.3 Å². The number of halogens is 3. The van der Waals surface area contributed by atoms with Crippen molar-refractivity contribution in [1.82, 2.24) is 20.2 Å². The van der Waals surface area contributed by atoms with Gasteiger partial charge in [0.05, 0.1) is 21.4 Å². The average Bonchev–Trinajstić information content (AvgIpc) is 3.31. The molecule has 0 radical (unpaired) electrons. The predicted octanol–water partition coefficient (Wildman–Crippen LogP) is 5.25. The zero-order valence-corrected chi connectivity index (χ0v) is 19.0. The second-order valence-corrected chi connectivity index (χ2v) is 9.24. The van der Waals surface area contributed by atoms with Gasteiger partial charge in [-0.3, -0.25) is 4.79 Å². The zero-order chi connectivity index (χ0) is 21.8. The fraction of sp³-hybridized carbons (Fsp3) is 0.318. The van der Waals surface area contributed by atoms with Crippen molar-refractivity contribution in [3.63, 3.8) is 0 Å². The molecule has 5 nitrogen and oxygen atoms in total. The Morgan fingerprint density at radius 1 is 1.19 bits per heavy atom. The number of hydrogen-bond donors (Lipinski definition) is 1. The molecule has 3 aromatic rings. The molecule has 0 bridgehead atoms. The lowest BCUT2D eigenvalue weighted by atomic mass is 9.92. The third-order valence-electron chi connectivity index (χ3n) is 5.32. The molecule has 4 rings (SSSR count). The van der Waals surface area contributed by atoms with Crippen LogP contribution in [0.5, 0.6) is 0 Å². The first-order valence-corrected chi connectivity index (χ1v) is 11.6. The van der Waals surface area contributed by atoms with Crippen molar-refractivity contribution in [2.45, 2.75) is 25.1 Å². The minimum Gasteiger partial charge on any atom is -0.338 e. The maximum absolute atomic E-state index is 15.3. The quantitative estimate of drug-likeness (QED) is 0.525. The lowest BCUT2D eigenvalue weighted by Crippen LogP contribution is -2.48. The van der Waals surface area contributed by atoms with Gasteiger partial charge in [0.2, 0.25) is 0 Å². The van der Waals surface area contributed by atoms with Crippen molar-refractivity contribution in [1.29, 1.82) is 0 Å². The molecule has 1 aromatic carbocycles. The van der Waals surface area contributed by atoms with Gasteiger partial charge in [-0.2, -0.15) is 0 Å². The Morgan fingerprint density at radius 2 is 2.00 bits per heavy atom. The average molecular weight is 479 g/mol. The Balaban J connectivity index is 1.28. The molecule has 1 amide bonds. The molecule has 0 aliphatic carbocycles. The summed E-state index contributed by atoms with van der Waals surface area (Å²) in [4.78, 5) is 23.2. The number of carbonyl (C=O) groups excluding carboxylic acids is 1. The van der Waals surface area contributed by atoms with E-state index in [1.54, 1.807) is 29.3 Å². The highest BCUT2D eigenvalue weighted by Gasteiger charge is 2.36. The number of thiazole rings is 1. The van der Waals surface area contributed by atoms with E-state index >= 15 is 4.39 Å². The summed E-state index contributed by atoms with van der Waals surface area (Å²) in [7, 11) is 0. The van der Waals surface area contributed by atoms with Crippen LogP contribution in [-0.2, 0) is 6.54 Å². The lowest BCUT2D eigenvalue weighted by Gasteiger charge is -2.36. The second kappa shape index (κ2) is 9.61. The third-order valence-corrected chi connectivity index (χ3v) is 6.85. The van der Waals surface area contributed by atoms with E-state index in [0.29, 0.717) is 35.2 Å². The summed E-state index contributed by atoms with van der Waals surface area (Å²) in [5.74, 6) is -0.156. The summed E-state index contributed by atoms with van der Waals surface area (Å²) in [5.41, 5.74) is 0.758. The summed E-state index contributed by atoms with van der Waals surface area (Å²) in [6.07, 6.45) is 2.30. The number of benzene rings is 1. The SMILES string of the molecule is O=C(c1ccc(Cl)c(Cl)c1)N1CCC(F)(CNCc2cccc(-c3nccs3)n2)CC1. The van der Waals surface area contributed by atoms with E-state index in [9.17, 15) is 4.79 Å². The van der Waals surface area contributed by atoms with E-state index in [2.05, 4.69) is 15.3 Å². The van der Waals surface area contributed by atoms with Crippen LogP contribution in [0.2, 0.25) is 10.0 Å². The largest absolute Gasteiger partial charge is 0.338 e. The van der Waals surface area contributed by atoms with Gasteiger partial charge in [0.1, 0.15) is 10.7 Å². The van der Waals surface area contributed by atoms with Gasteiger partial charge in [-0.05, 0) is 30.3 Å². The Hall–Kier alpha value is -2.06. The molecule has 2 aromatic heterocycles. The van der Waals surface area contributed by atoms with Crippen LogP contribution >= 0.6 is 34.5 Å². The van der Waals surface area contributed by atoms with Gasteiger partial charge in [-0.1, -0.05) is 29.3 Å². The van der Waals surface area contributed by atoms with Gasteiger partial charge in [0, 0.05) is 56.2 Å². The van der Waals surface area contributed by atoms with Crippen LogP contribution in [0.15, 0.2) is 48.0 Å². The minimum atomic E-state index is -1.36. The fourth-order valence-electron chi connectivity index (χ4n) is 3.56. The first-order valence-electron chi connectivity index (χ1n) is 9.93. The monoisotopic (exact) mass is 478 g/mol. The molecule has 1 N–H and O–H groups in total. The Kier molecular flexibility index (Phi) is 6.86. The predicted molar refractivity (Wildman–Crippen MR) is 122 cm³/mol. The molecule has 3 heterocycles. The summed E-state index contributed by atoms with van der Waals surface area (Å²) in [6, 6.07) is 10.5. The number of alkyl halides is 1. The number of hydrogen-bond acceptors (Lipinski definition) is 5. The van der Waals surface area contributed by atoms with Crippen LogP contribution in [-0.4, -0.2) is 46.1 Å². The highest BCUT2D eigenvalue weighted by atomic mass is 35.5. The van der Waals surface area contributed by atoms with Crippen LogP contribution in [0.3, 0.4) is 0 Å². The Morgan fingerprint density at radius 3 is 2.71 bits per heavy atom. The summed E-state index contributed by atoms with van der Waals surface area (Å²) >= 11 is 13.5. The lowest BCUT2D eigenvalue weighted by molar-refractivity contribution is 0.0434. The molecular formula is C22H21Cl2FN4OS. The van der Waals surface area contributed by atoms with Gasteiger partial charge in [0.25, 0.3) is 5.91 Å². The number of aromatic nitrogens is 2. The van der Waals surface area contributed by atoms with E-state index in [1.165, 1.54) is 11.3 Å². The van der Waals surface area contributed by atoms with Crippen molar-refractivity contribution in [2.24, 2.45) is 0 Å². The molecule has 1 saturated heterocycles. The van der Waals surface area contributed by atoms with Crippen LogP contribution in [0.1, 0.15) is 28.9 Å². The molecule has 1 fully saturated rings. The van der Waals surface area contributed by atoms with E-state index < -0.39 is 5.67 Å². The second-order valence-electron chi connectivity index (χ2n) is 7.53. The Labute approximate surface area is 194 Å². The van der Waals surface area contributed by atoms with E-state index in [-0.39, 0.29) is 25.3 Å². The van der Waals surface area contributed by atoms with Gasteiger partial charge in [-0.15, -0.1) is 11.3 Å². The van der Waals surface area contributed by atoms with Crippen LogP contribution in [0.4, 0.5) is 4.39 Å². The van der Waals surface area contributed by atoms with Crippen molar-refractivity contribution in [3.8, 4) is 10.7 Å². The molecule has 1 aliphatic heterocycles. The van der Waals surface area contributed by atoms with Crippen molar-refractivity contribution in [2.75, 3.05) is 19.6 Å². The molecule has 1 aliphatic rings. The van der Waals surface area contributed by atoms with Gasteiger partial charge < -0.3 is 10.2 Å². The Bertz CT molecular complexity index is 1060. The summed E-state index contributed by atoms with van der Waals surface area (Å²) in [5, 5.41) is 6.69. The number of likely N-dealkylation sites (tertiary alicyclic amines) is 1. The number of nitrogens with zero attached hydrogens (tertiary/aromatic N) is 3. The van der Waals surface area contributed by atoms with Gasteiger partial charge in [0.15, 0.2) is 0 Å².